The molecule has 0 aliphatic carbocycles. The Kier molecular flexibility index (Phi) is 2.97. The van der Waals surface area contributed by atoms with Crippen molar-refractivity contribution < 1.29 is 23.3 Å². The molecule has 1 saturated heterocycles. The molecule has 1 N–H and O–H groups in total. The Hall–Kier alpha value is -3.03. The first-order valence-electron chi connectivity index (χ1n) is 7.06. The SMILES string of the molecule is COC(=O)c1cc2oc(C(=O)N3CC(c4ccon4)C3)cc2[nH]1. The smallest absolute Gasteiger partial charge is 0.354 e. The van der Waals surface area contributed by atoms with E-state index >= 15 is 0 Å². The third kappa shape index (κ3) is 2.19. The van der Waals surface area contributed by atoms with Crippen molar-refractivity contribution in [3.8, 4) is 0 Å². The van der Waals surface area contributed by atoms with Gasteiger partial charge in [0.25, 0.3) is 5.91 Å². The van der Waals surface area contributed by atoms with Gasteiger partial charge >= 0.3 is 5.97 Å². The number of ether oxygens (including phenoxy) is 1. The van der Waals surface area contributed by atoms with E-state index in [9.17, 15) is 9.59 Å². The Labute approximate surface area is 130 Å². The fraction of sp³-hybridized carbons (Fsp3) is 0.267. The zero-order valence-electron chi connectivity index (χ0n) is 12.2. The van der Waals surface area contributed by atoms with Crippen LogP contribution in [0.1, 0.15) is 32.7 Å². The van der Waals surface area contributed by atoms with Crippen LogP contribution >= 0.6 is 0 Å². The lowest BCUT2D eigenvalue weighted by molar-refractivity contribution is 0.0564. The van der Waals surface area contributed by atoms with E-state index in [0.29, 0.717) is 24.2 Å². The van der Waals surface area contributed by atoms with Gasteiger partial charge in [-0.25, -0.2) is 4.79 Å². The van der Waals surface area contributed by atoms with Crippen molar-refractivity contribution in [1.29, 1.82) is 0 Å². The first-order valence-corrected chi connectivity index (χ1v) is 7.06. The van der Waals surface area contributed by atoms with Crippen molar-refractivity contribution in [2.45, 2.75) is 5.92 Å². The molecule has 3 aromatic rings. The summed E-state index contributed by atoms with van der Waals surface area (Å²) in [5, 5.41) is 3.88. The molecule has 8 nitrogen and oxygen atoms in total. The predicted octanol–water partition coefficient (Wildman–Crippen LogP) is 1.78. The van der Waals surface area contributed by atoms with Crippen molar-refractivity contribution in [3.63, 3.8) is 0 Å². The Balaban J connectivity index is 1.48. The summed E-state index contributed by atoms with van der Waals surface area (Å²) in [7, 11) is 1.30. The lowest BCUT2D eigenvalue weighted by Gasteiger charge is -2.37. The Morgan fingerprint density at radius 1 is 1.39 bits per heavy atom. The third-order valence-electron chi connectivity index (χ3n) is 3.97. The topological polar surface area (TPSA) is 102 Å². The fourth-order valence-corrected chi connectivity index (χ4v) is 2.67. The lowest BCUT2D eigenvalue weighted by atomic mass is 9.96. The number of likely N-dealkylation sites (tertiary alicyclic amines) is 1. The average Bonchev–Trinajstić information content (AvgIpc) is 3.19. The molecular formula is C15H13N3O5. The number of fused-ring (bicyclic) bond motifs is 1. The van der Waals surface area contributed by atoms with Crippen LogP contribution in [0.15, 0.2) is 33.4 Å². The van der Waals surface area contributed by atoms with Gasteiger partial charge in [-0.15, -0.1) is 0 Å². The van der Waals surface area contributed by atoms with E-state index in [2.05, 4.69) is 14.9 Å². The monoisotopic (exact) mass is 315 g/mol. The number of H-pyrrole nitrogens is 1. The molecule has 0 saturated carbocycles. The van der Waals surface area contributed by atoms with Crippen LogP contribution in [0.5, 0.6) is 0 Å². The van der Waals surface area contributed by atoms with E-state index < -0.39 is 5.97 Å². The number of methoxy groups -OCH3 is 1. The summed E-state index contributed by atoms with van der Waals surface area (Å²) in [5.41, 5.74) is 2.17. The van der Waals surface area contributed by atoms with Gasteiger partial charge in [-0.1, -0.05) is 5.16 Å². The highest BCUT2D eigenvalue weighted by molar-refractivity contribution is 5.98. The zero-order chi connectivity index (χ0) is 16.0. The average molecular weight is 315 g/mol. The highest BCUT2D eigenvalue weighted by atomic mass is 16.5. The summed E-state index contributed by atoms with van der Waals surface area (Å²) in [6.07, 6.45) is 1.52. The number of nitrogens with one attached hydrogen (secondary N) is 1. The molecule has 1 aliphatic heterocycles. The molecule has 1 aliphatic rings. The van der Waals surface area contributed by atoms with Crippen LogP contribution in [0.2, 0.25) is 0 Å². The number of furan rings is 1. The zero-order valence-corrected chi connectivity index (χ0v) is 12.2. The van der Waals surface area contributed by atoms with E-state index in [4.69, 9.17) is 8.94 Å². The van der Waals surface area contributed by atoms with Gasteiger partial charge in [-0.3, -0.25) is 4.79 Å². The van der Waals surface area contributed by atoms with Gasteiger partial charge in [0.15, 0.2) is 11.3 Å². The number of esters is 1. The lowest BCUT2D eigenvalue weighted by Crippen LogP contribution is -2.48. The molecule has 0 spiro atoms. The molecule has 1 fully saturated rings. The van der Waals surface area contributed by atoms with Gasteiger partial charge < -0.3 is 23.6 Å². The van der Waals surface area contributed by atoms with Crippen LogP contribution in [-0.2, 0) is 4.74 Å². The fourth-order valence-electron chi connectivity index (χ4n) is 2.67. The maximum atomic E-state index is 12.4. The van der Waals surface area contributed by atoms with Gasteiger partial charge in [-0.2, -0.15) is 0 Å². The highest BCUT2D eigenvalue weighted by Gasteiger charge is 2.35. The number of hydrogen-bond acceptors (Lipinski definition) is 6. The van der Waals surface area contributed by atoms with Crippen molar-refractivity contribution >= 4 is 23.0 Å². The van der Waals surface area contributed by atoms with E-state index in [0.717, 1.165) is 5.69 Å². The number of nitrogens with zero attached hydrogens (tertiary/aromatic N) is 2. The van der Waals surface area contributed by atoms with Crippen molar-refractivity contribution in [1.82, 2.24) is 15.0 Å². The summed E-state index contributed by atoms with van der Waals surface area (Å²) in [4.78, 5) is 28.3. The first kappa shape index (κ1) is 13.6. The van der Waals surface area contributed by atoms with Crippen LogP contribution in [0, 0.1) is 0 Å². The molecular weight excluding hydrogens is 302 g/mol. The minimum absolute atomic E-state index is 0.186. The third-order valence-corrected chi connectivity index (χ3v) is 3.97. The second-order valence-electron chi connectivity index (χ2n) is 5.39. The number of rotatable bonds is 3. The van der Waals surface area contributed by atoms with Gasteiger partial charge in [0.1, 0.15) is 12.0 Å². The maximum Gasteiger partial charge on any atom is 0.354 e. The minimum atomic E-state index is -0.484. The molecule has 0 bridgehead atoms. The Bertz CT molecular complexity index is 839. The molecule has 0 radical (unpaired) electrons. The molecule has 3 aromatic heterocycles. The minimum Gasteiger partial charge on any atom is -0.464 e. The number of carbonyl (C=O) groups is 2. The van der Waals surface area contributed by atoms with Crippen molar-refractivity contribution in [2.24, 2.45) is 0 Å². The van der Waals surface area contributed by atoms with E-state index in [1.807, 2.05) is 0 Å². The van der Waals surface area contributed by atoms with Gasteiger partial charge in [-0.05, 0) is 0 Å². The molecule has 0 unspecified atom stereocenters. The quantitative estimate of drug-likeness (QED) is 0.739. The van der Waals surface area contributed by atoms with E-state index in [1.54, 1.807) is 17.0 Å². The van der Waals surface area contributed by atoms with Crippen LogP contribution in [-0.4, -0.2) is 47.1 Å². The van der Waals surface area contributed by atoms with Crippen LogP contribution in [0.25, 0.3) is 11.1 Å². The van der Waals surface area contributed by atoms with Crippen LogP contribution in [0.3, 0.4) is 0 Å². The van der Waals surface area contributed by atoms with Crippen molar-refractivity contribution in [2.75, 3.05) is 20.2 Å². The number of aromatic amines is 1. The molecule has 23 heavy (non-hydrogen) atoms. The predicted molar refractivity (Wildman–Crippen MR) is 77.1 cm³/mol. The second-order valence-corrected chi connectivity index (χ2v) is 5.39. The molecule has 118 valence electrons. The maximum absolute atomic E-state index is 12.4. The highest BCUT2D eigenvalue weighted by Crippen LogP contribution is 2.29. The largest absolute Gasteiger partial charge is 0.464 e. The molecule has 4 heterocycles. The van der Waals surface area contributed by atoms with Crippen molar-refractivity contribution in [3.05, 3.63) is 41.6 Å². The number of carbonyl (C=O) groups excluding carboxylic acids is 2. The first-order chi connectivity index (χ1) is 11.2. The number of amides is 1. The summed E-state index contributed by atoms with van der Waals surface area (Å²) in [5.74, 6) is -0.235. The molecule has 8 heteroatoms. The second kappa shape index (κ2) is 5.01. The number of hydrogen-bond donors (Lipinski definition) is 1. The van der Waals surface area contributed by atoms with Gasteiger partial charge in [0, 0.05) is 37.2 Å². The Morgan fingerprint density at radius 3 is 2.87 bits per heavy atom. The molecule has 1 amide bonds. The Morgan fingerprint density at radius 2 is 2.22 bits per heavy atom. The van der Waals surface area contributed by atoms with Crippen LogP contribution < -0.4 is 0 Å². The summed E-state index contributed by atoms with van der Waals surface area (Å²) >= 11 is 0. The normalized spacial score (nSPS) is 14.9. The van der Waals surface area contributed by atoms with Gasteiger partial charge in [0.2, 0.25) is 0 Å². The molecule has 4 rings (SSSR count). The summed E-state index contributed by atoms with van der Waals surface area (Å²) in [6, 6.07) is 4.91. The van der Waals surface area contributed by atoms with E-state index in [-0.39, 0.29) is 23.3 Å². The van der Waals surface area contributed by atoms with Crippen LogP contribution in [0.4, 0.5) is 0 Å². The van der Waals surface area contributed by atoms with E-state index in [1.165, 1.54) is 19.4 Å². The molecule has 0 aromatic carbocycles. The summed E-state index contributed by atoms with van der Waals surface area (Å²) in [6.45, 7) is 1.15. The number of aromatic nitrogens is 2. The van der Waals surface area contributed by atoms with Gasteiger partial charge in [0.05, 0.1) is 18.3 Å². The molecule has 0 atom stereocenters. The summed E-state index contributed by atoms with van der Waals surface area (Å²) < 4.78 is 15.0. The standard InChI is InChI=1S/C15H13N3O5/c1-21-15(20)11-5-12-10(16-11)4-13(23-12)14(19)18-6-8(7-18)9-2-3-22-17-9/h2-5,8,16H,6-7H2,1H3.